The molecule has 0 spiro atoms. The topological polar surface area (TPSA) is 55.7 Å². The highest BCUT2D eigenvalue weighted by molar-refractivity contribution is 5.45. The summed E-state index contributed by atoms with van der Waals surface area (Å²) in [4.78, 5) is 16.5. The molecule has 0 aromatic carbocycles. The summed E-state index contributed by atoms with van der Waals surface area (Å²) in [6.45, 7) is 6.24. The van der Waals surface area contributed by atoms with Gasteiger partial charge in [0.2, 0.25) is 5.95 Å². The maximum Gasteiger partial charge on any atom is 0.227 e. The van der Waals surface area contributed by atoms with Crippen molar-refractivity contribution in [3.05, 3.63) is 12.3 Å². The first-order chi connectivity index (χ1) is 11.8. The van der Waals surface area contributed by atoms with E-state index in [-0.39, 0.29) is 6.10 Å². The molecule has 1 atom stereocenters. The van der Waals surface area contributed by atoms with Crippen molar-refractivity contribution in [3.63, 3.8) is 0 Å². The van der Waals surface area contributed by atoms with Crippen molar-refractivity contribution in [1.29, 1.82) is 0 Å². The van der Waals surface area contributed by atoms with E-state index >= 15 is 0 Å². The van der Waals surface area contributed by atoms with E-state index in [1.54, 1.807) is 0 Å². The molecule has 3 aliphatic heterocycles. The third-order valence-electron chi connectivity index (χ3n) is 5.77. The van der Waals surface area contributed by atoms with Gasteiger partial charge in [0.05, 0.1) is 6.10 Å². The Morgan fingerprint density at radius 2 is 1.67 bits per heavy atom. The summed E-state index contributed by atoms with van der Waals surface area (Å²) in [5.74, 6) is 1.81. The normalized spacial score (nSPS) is 27.0. The molecule has 1 aromatic heterocycles. The minimum absolute atomic E-state index is 0.219. The maximum absolute atomic E-state index is 9.73. The number of hydrogen-bond acceptors (Lipinski definition) is 6. The molecular weight excluding hydrogens is 302 g/mol. The van der Waals surface area contributed by atoms with E-state index in [1.807, 2.05) is 12.3 Å². The molecule has 4 heterocycles. The van der Waals surface area contributed by atoms with Crippen molar-refractivity contribution < 1.29 is 5.11 Å². The molecule has 0 saturated carbocycles. The van der Waals surface area contributed by atoms with Crippen LogP contribution in [0.15, 0.2) is 12.3 Å². The predicted octanol–water partition coefficient (Wildman–Crippen LogP) is 1.50. The number of aromatic nitrogens is 2. The molecular formula is C18H29N5O. The Labute approximate surface area is 144 Å². The van der Waals surface area contributed by atoms with Crippen LogP contribution < -0.4 is 9.80 Å². The second-order valence-electron chi connectivity index (χ2n) is 7.42. The molecule has 0 aliphatic carbocycles. The minimum atomic E-state index is -0.219. The summed E-state index contributed by atoms with van der Waals surface area (Å²) in [6, 6.07) is 2.71. The Balaban J connectivity index is 1.37. The van der Waals surface area contributed by atoms with Gasteiger partial charge in [-0.1, -0.05) is 6.42 Å². The van der Waals surface area contributed by atoms with Crippen LogP contribution >= 0.6 is 0 Å². The van der Waals surface area contributed by atoms with Crippen LogP contribution in [0.4, 0.5) is 11.8 Å². The van der Waals surface area contributed by atoms with E-state index in [0.29, 0.717) is 6.54 Å². The average molecular weight is 331 g/mol. The summed E-state index contributed by atoms with van der Waals surface area (Å²) in [5.41, 5.74) is 0. The number of nitrogens with zero attached hydrogens (tertiary/aromatic N) is 5. The monoisotopic (exact) mass is 331 g/mol. The van der Waals surface area contributed by atoms with Crippen molar-refractivity contribution >= 4 is 11.8 Å². The van der Waals surface area contributed by atoms with E-state index in [4.69, 9.17) is 4.98 Å². The van der Waals surface area contributed by atoms with Crippen molar-refractivity contribution in [3.8, 4) is 0 Å². The summed E-state index contributed by atoms with van der Waals surface area (Å²) in [6.07, 6.45) is 9.05. The summed E-state index contributed by atoms with van der Waals surface area (Å²) >= 11 is 0. The fourth-order valence-corrected chi connectivity index (χ4v) is 4.33. The molecule has 4 rings (SSSR count). The lowest BCUT2D eigenvalue weighted by molar-refractivity contribution is 0.141. The first-order valence-electron chi connectivity index (χ1n) is 9.54. The van der Waals surface area contributed by atoms with Gasteiger partial charge in [0.15, 0.2) is 0 Å². The van der Waals surface area contributed by atoms with Crippen LogP contribution in [-0.4, -0.2) is 71.4 Å². The molecule has 0 bridgehead atoms. The van der Waals surface area contributed by atoms with Gasteiger partial charge in [-0.3, -0.25) is 0 Å². The molecule has 3 fully saturated rings. The second kappa shape index (κ2) is 7.23. The summed E-state index contributed by atoms with van der Waals surface area (Å²) in [7, 11) is 0. The molecule has 0 radical (unpaired) electrons. The van der Waals surface area contributed by atoms with Gasteiger partial charge in [-0.05, 0) is 51.3 Å². The second-order valence-corrected chi connectivity index (χ2v) is 7.42. The Morgan fingerprint density at radius 1 is 0.917 bits per heavy atom. The Kier molecular flexibility index (Phi) is 4.85. The SMILES string of the molecule is O[C@H]1CCN(c2ccnc(N3CCC(N4CCCCC4)CC3)n2)C1. The van der Waals surface area contributed by atoms with Gasteiger partial charge >= 0.3 is 0 Å². The smallest absolute Gasteiger partial charge is 0.227 e. The molecule has 1 aromatic rings. The van der Waals surface area contributed by atoms with Gasteiger partial charge < -0.3 is 19.8 Å². The Morgan fingerprint density at radius 3 is 2.38 bits per heavy atom. The average Bonchev–Trinajstić information content (AvgIpc) is 3.09. The lowest BCUT2D eigenvalue weighted by Gasteiger charge is -2.40. The molecule has 1 N–H and O–H groups in total. The first kappa shape index (κ1) is 16.1. The van der Waals surface area contributed by atoms with Crippen LogP contribution in [0.2, 0.25) is 0 Å². The third kappa shape index (κ3) is 3.49. The van der Waals surface area contributed by atoms with Gasteiger partial charge in [0, 0.05) is 38.4 Å². The Bertz CT molecular complexity index is 540. The highest BCUT2D eigenvalue weighted by atomic mass is 16.3. The van der Waals surface area contributed by atoms with E-state index in [9.17, 15) is 5.11 Å². The molecule has 3 saturated heterocycles. The zero-order valence-corrected chi connectivity index (χ0v) is 14.5. The number of aliphatic hydroxyl groups excluding tert-OH is 1. The fraction of sp³-hybridized carbons (Fsp3) is 0.778. The van der Waals surface area contributed by atoms with E-state index < -0.39 is 0 Å². The van der Waals surface area contributed by atoms with Crippen LogP contribution in [0.1, 0.15) is 38.5 Å². The van der Waals surface area contributed by atoms with Gasteiger partial charge in [-0.2, -0.15) is 4.98 Å². The zero-order chi connectivity index (χ0) is 16.4. The highest BCUT2D eigenvalue weighted by Crippen LogP contribution is 2.25. The number of rotatable bonds is 3. The molecule has 3 aliphatic rings. The fourth-order valence-electron chi connectivity index (χ4n) is 4.33. The number of β-amino-alcohol motifs (C(OH)–C–C–N with tert-alkyl or cyclic N) is 1. The number of piperidine rings is 2. The lowest BCUT2D eigenvalue weighted by atomic mass is 10.0. The molecule has 0 amide bonds. The summed E-state index contributed by atoms with van der Waals surface area (Å²) in [5, 5.41) is 9.73. The zero-order valence-electron chi connectivity index (χ0n) is 14.5. The molecule has 6 nitrogen and oxygen atoms in total. The van der Waals surface area contributed by atoms with Gasteiger partial charge in [-0.15, -0.1) is 0 Å². The van der Waals surface area contributed by atoms with Crippen LogP contribution in [0, 0.1) is 0 Å². The number of aliphatic hydroxyl groups is 1. The highest BCUT2D eigenvalue weighted by Gasteiger charge is 2.27. The van der Waals surface area contributed by atoms with Crippen molar-refractivity contribution in [2.45, 2.75) is 50.7 Å². The van der Waals surface area contributed by atoms with Gasteiger partial charge in [0.25, 0.3) is 0 Å². The quantitative estimate of drug-likeness (QED) is 0.906. The number of anilines is 2. The number of hydrogen-bond donors (Lipinski definition) is 1. The summed E-state index contributed by atoms with van der Waals surface area (Å²) < 4.78 is 0. The van der Waals surface area contributed by atoms with Crippen molar-refractivity contribution in [2.24, 2.45) is 0 Å². The van der Waals surface area contributed by atoms with Crippen LogP contribution in [0.25, 0.3) is 0 Å². The standard InChI is InChI=1S/C18H29N5O/c24-16-7-13-23(14-16)17-4-8-19-18(20-17)22-11-5-15(6-12-22)21-9-2-1-3-10-21/h4,8,15-16,24H,1-3,5-7,9-14H2/t16-/m0/s1. The van der Waals surface area contributed by atoms with Crippen molar-refractivity contribution in [1.82, 2.24) is 14.9 Å². The van der Waals surface area contributed by atoms with Crippen LogP contribution in [0.5, 0.6) is 0 Å². The first-order valence-corrected chi connectivity index (χ1v) is 9.54. The predicted molar refractivity (Wildman–Crippen MR) is 95.5 cm³/mol. The van der Waals surface area contributed by atoms with Crippen LogP contribution in [0.3, 0.4) is 0 Å². The van der Waals surface area contributed by atoms with E-state index in [0.717, 1.165) is 43.9 Å². The minimum Gasteiger partial charge on any atom is -0.391 e. The van der Waals surface area contributed by atoms with Gasteiger partial charge in [-0.25, -0.2) is 4.98 Å². The largest absolute Gasteiger partial charge is 0.391 e. The Hall–Kier alpha value is -1.40. The van der Waals surface area contributed by atoms with E-state index in [2.05, 4.69) is 19.7 Å². The molecule has 6 heteroatoms. The molecule has 24 heavy (non-hydrogen) atoms. The molecule has 132 valence electrons. The number of likely N-dealkylation sites (tertiary alicyclic amines) is 1. The van der Waals surface area contributed by atoms with Crippen molar-refractivity contribution in [2.75, 3.05) is 49.1 Å². The third-order valence-corrected chi connectivity index (χ3v) is 5.77. The lowest BCUT2D eigenvalue weighted by Crippen LogP contribution is -2.47. The molecule has 0 unspecified atom stereocenters. The van der Waals surface area contributed by atoms with Gasteiger partial charge in [0.1, 0.15) is 5.82 Å². The van der Waals surface area contributed by atoms with Crippen LogP contribution in [-0.2, 0) is 0 Å². The maximum atomic E-state index is 9.73. The van der Waals surface area contributed by atoms with E-state index in [1.165, 1.54) is 45.2 Å².